The van der Waals surface area contributed by atoms with Gasteiger partial charge in [0.1, 0.15) is 5.75 Å². The number of imidazole rings is 1. The fourth-order valence-electron chi connectivity index (χ4n) is 3.51. The zero-order valence-corrected chi connectivity index (χ0v) is 21.8. The molecule has 0 spiro atoms. The molecule has 0 bridgehead atoms. The first-order valence-electron chi connectivity index (χ1n) is 11.1. The maximum Gasteiger partial charge on any atom is 0.156 e. The summed E-state index contributed by atoms with van der Waals surface area (Å²) in [6.45, 7) is 10.4. The molecule has 3 rings (SSSR count). The van der Waals surface area contributed by atoms with Crippen LogP contribution in [0.1, 0.15) is 38.8 Å². The third-order valence-corrected chi connectivity index (χ3v) is 6.78. The van der Waals surface area contributed by atoms with Gasteiger partial charge in [-0.3, -0.25) is 0 Å². The average molecular weight is 510 g/mol. The Morgan fingerprint density at radius 3 is 2.15 bits per heavy atom. The Hall–Kier alpha value is -1.88. The summed E-state index contributed by atoms with van der Waals surface area (Å²) < 4.78 is 13.9. The number of benzene rings is 2. The third kappa shape index (κ3) is 6.81. The largest absolute Gasteiger partial charge is 0.493 e. The zero-order valence-electron chi connectivity index (χ0n) is 19.5. The first kappa shape index (κ1) is 25.7. The Labute approximate surface area is 211 Å². The van der Waals surface area contributed by atoms with Crippen molar-refractivity contribution >= 4 is 34.8 Å². The second-order valence-electron chi connectivity index (χ2n) is 9.16. The Morgan fingerprint density at radius 1 is 0.939 bits per heavy atom. The van der Waals surface area contributed by atoms with Gasteiger partial charge in [0.05, 0.1) is 29.6 Å². The molecular formula is C26H31Cl3N2O2. The molecule has 0 aliphatic carbocycles. The van der Waals surface area contributed by atoms with Crippen molar-refractivity contribution in [1.82, 2.24) is 9.55 Å². The summed E-state index contributed by atoms with van der Waals surface area (Å²) in [6, 6.07) is 12.0. The summed E-state index contributed by atoms with van der Waals surface area (Å²) in [6.07, 6.45) is 5.58. The van der Waals surface area contributed by atoms with E-state index >= 15 is 0 Å². The van der Waals surface area contributed by atoms with E-state index in [1.54, 1.807) is 6.20 Å². The number of hydrogen-bond acceptors (Lipinski definition) is 3. The molecule has 0 aliphatic heterocycles. The standard InChI is InChI=1S/C26H31Cl3N2O2/c1-18(13-27)15-33-25-23(28)11-21(12-24(25)29)26(3,4)20-5-7-22(8-6-20)32-16-19(2)14-31-10-9-30-17-31/h5-12,17-19H,13-16H2,1-4H3/t18-,19-/m1/s1. The minimum absolute atomic E-state index is 0.213. The summed E-state index contributed by atoms with van der Waals surface area (Å²) in [5.74, 6) is 2.45. The van der Waals surface area contributed by atoms with Crippen LogP contribution in [0.5, 0.6) is 11.5 Å². The maximum atomic E-state index is 6.53. The van der Waals surface area contributed by atoms with Crippen LogP contribution in [0.15, 0.2) is 55.1 Å². The average Bonchev–Trinajstić information content (AvgIpc) is 3.30. The van der Waals surface area contributed by atoms with Gasteiger partial charge in [-0.05, 0) is 35.4 Å². The number of alkyl halides is 1. The molecule has 2 atom stereocenters. The predicted molar refractivity (Wildman–Crippen MR) is 137 cm³/mol. The van der Waals surface area contributed by atoms with Crippen LogP contribution in [0.3, 0.4) is 0 Å². The second-order valence-corrected chi connectivity index (χ2v) is 10.3. The van der Waals surface area contributed by atoms with E-state index in [0.717, 1.165) is 23.4 Å². The van der Waals surface area contributed by atoms with Gasteiger partial charge in [0, 0.05) is 42.1 Å². The highest BCUT2D eigenvalue weighted by Crippen LogP contribution is 2.40. The number of rotatable bonds is 11. The van der Waals surface area contributed by atoms with Crippen molar-refractivity contribution in [1.29, 1.82) is 0 Å². The van der Waals surface area contributed by atoms with Gasteiger partial charge < -0.3 is 14.0 Å². The Morgan fingerprint density at radius 2 is 1.58 bits per heavy atom. The van der Waals surface area contributed by atoms with Gasteiger partial charge in [0.2, 0.25) is 0 Å². The lowest BCUT2D eigenvalue weighted by atomic mass is 9.78. The Kier molecular flexibility index (Phi) is 8.97. The van der Waals surface area contributed by atoms with Crippen molar-refractivity contribution in [2.75, 3.05) is 19.1 Å². The van der Waals surface area contributed by atoms with Crippen LogP contribution in [0, 0.1) is 11.8 Å². The van der Waals surface area contributed by atoms with Crippen LogP contribution in [0.25, 0.3) is 0 Å². The molecule has 0 aliphatic rings. The molecule has 0 unspecified atom stereocenters. The SMILES string of the molecule is C[C@H](CCl)COc1c(Cl)cc(C(C)(C)c2ccc(OC[C@H](C)Cn3ccnc3)cc2)cc1Cl. The number of hydrogen-bond donors (Lipinski definition) is 0. The van der Waals surface area contributed by atoms with Crippen LogP contribution in [0.2, 0.25) is 10.0 Å². The van der Waals surface area contributed by atoms with E-state index in [1.807, 2.05) is 43.7 Å². The van der Waals surface area contributed by atoms with Crippen molar-refractivity contribution in [2.24, 2.45) is 11.8 Å². The van der Waals surface area contributed by atoms with E-state index < -0.39 is 0 Å². The summed E-state index contributed by atoms with van der Waals surface area (Å²) in [5.41, 5.74) is 1.85. The van der Waals surface area contributed by atoms with Crippen LogP contribution < -0.4 is 9.47 Å². The number of nitrogens with zero attached hydrogens (tertiary/aromatic N) is 2. The molecule has 7 heteroatoms. The van der Waals surface area contributed by atoms with Crippen LogP contribution in [0.4, 0.5) is 0 Å². The van der Waals surface area contributed by atoms with Gasteiger partial charge in [-0.1, -0.05) is 63.0 Å². The van der Waals surface area contributed by atoms with Crippen LogP contribution in [-0.4, -0.2) is 28.6 Å². The predicted octanol–water partition coefficient (Wildman–Crippen LogP) is 7.48. The van der Waals surface area contributed by atoms with Crippen molar-refractivity contribution in [3.8, 4) is 11.5 Å². The summed E-state index contributed by atoms with van der Waals surface area (Å²) in [5, 5.41) is 0.998. The van der Waals surface area contributed by atoms with Gasteiger partial charge in [-0.25, -0.2) is 4.98 Å². The fraction of sp³-hybridized carbons (Fsp3) is 0.423. The van der Waals surface area contributed by atoms with Gasteiger partial charge >= 0.3 is 0 Å². The van der Waals surface area contributed by atoms with E-state index in [9.17, 15) is 0 Å². The molecule has 1 heterocycles. The first-order chi connectivity index (χ1) is 15.7. The van der Waals surface area contributed by atoms with Gasteiger partial charge in [0.25, 0.3) is 0 Å². The molecule has 178 valence electrons. The molecule has 0 fully saturated rings. The molecule has 0 saturated carbocycles. The lowest BCUT2D eigenvalue weighted by Gasteiger charge is -2.27. The Balaban J connectivity index is 1.67. The quantitative estimate of drug-likeness (QED) is 0.251. The van der Waals surface area contributed by atoms with Crippen molar-refractivity contribution < 1.29 is 9.47 Å². The normalized spacial score (nSPS) is 13.5. The summed E-state index contributed by atoms with van der Waals surface area (Å²) in [4.78, 5) is 4.08. The molecule has 2 aromatic carbocycles. The fourth-order valence-corrected chi connectivity index (χ4v) is 4.19. The van der Waals surface area contributed by atoms with Gasteiger partial charge in [0.15, 0.2) is 5.75 Å². The van der Waals surface area contributed by atoms with E-state index in [1.165, 1.54) is 0 Å². The molecule has 0 saturated heterocycles. The molecule has 0 amide bonds. The van der Waals surface area contributed by atoms with Crippen LogP contribution in [-0.2, 0) is 12.0 Å². The highest BCUT2D eigenvalue weighted by atomic mass is 35.5. The van der Waals surface area contributed by atoms with Crippen molar-refractivity contribution in [3.05, 3.63) is 76.3 Å². The first-order valence-corrected chi connectivity index (χ1v) is 12.4. The molecule has 4 nitrogen and oxygen atoms in total. The van der Waals surface area contributed by atoms with Crippen molar-refractivity contribution in [3.63, 3.8) is 0 Å². The number of aromatic nitrogens is 2. The minimum atomic E-state index is -0.303. The lowest BCUT2D eigenvalue weighted by molar-refractivity contribution is 0.244. The Bertz CT molecular complexity index is 998. The molecular weight excluding hydrogens is 479 g/mol. The molecule has 0 radical (unpaired) electrons. The second kappa shape index (κ2) is 11.5. The monoisotopic (exact) mass is 508 g/mol. The number of ether oxygens (including phenoxy) is 2. The summed E-state index contributed by atoms with van der Waals surface area (Å²) in [7, 11) is 0. The number of halogens is 3. The highest BCUT2D eigenvalue weighted by molar-refractivity contribution is 6.37. The van der Waals surface area contributed by atoms with E-state index in [0.29, 0.717) is 40.8 Å². The van der Waals surface area contributed by atoms with Gasteiger partial charge in [-0.2, -0.15) is 0 Å². The molecule has 33 heavy (non-hydrogen) atoms. The van der Waals surface area contributed by atoms with Crippen LogP contribution >= 0.6 is 34.8 Å². The maximum absolute atomic E-state index is 6.53. The topological polar surface area (TPSA) is 36.3 Å². The zero-order chi connectivity index (χ0) is 24.0. The van der Waals surface area contributed by atoms with E-state index in [2.05, 4.69) is 42.5 Å². The smallest absolute Gasteiger partial charge is 0.156 e. The third-order valence-electron chi connectivity index (χ3n) is 5.69. The van der Waals surface area contributed by atoms with Crippen molar-refractivity contribution in [2.45, 2.75) is 39.7 Å². The van der Waals surface area contributed by atoms with E-state index in [4.69, 9.17) is 44.3 Å². The lowest BCUT2D eigenvalue weighted by Crippen LogP contribution is -2.19. The highest BCUT2D eigenvalue weighted by Gasteiger charge is 2.26. The molecule has 0 N–H and O–H groups in total. The molecule has 1 aromatic heterocycles. The van der Waals surface area contributed by atoms with E-state index in [-0.39, 0.29) is 11.3 Å². The summed E-state index contributed by atoms with van der Waals surface area (Å²) >= 11 is 18.9. The molecule has 3 aromatic rings. The minimum Gasteiger partial charge on any atom is -0.493 e. The van der Waals surface area contributed by atoms with Gasteiger partial charge in [-0.15, -0.1) is 11.6 Å².